The number of esters is 1. The van der Waals surface area contributed by atoms with Crippen molar-refractivity contribution in [2.24, 2.45) is 5.92 Å². The van der Waals surface area contributed by atoms with E-state index in [1.165, 1.54) is 12.7 Å². The monoisotopic (exact) mass is 363 g/mol. The highest BCUT2D eigenvalue weighted by molar-refractivity contribution is 5.89. The summed E-state index contributed by atoms with van der Waals surface area (Å²) < 4.78 is 6.28. The molecule has 1 aliphatic rings. The molecule has 1 aromatic carbocycles. The van der Waals surface area contributed by atoms with Crippen LogP contribution in [0.3, 0.4) is 0 Å². The second-order valence-corrected chi connectivity index (χ2v) is 7.18. The van der Waals surface area contributed by atoms with Gasteiger partial charge in [0.1, 0.15) is 6.33 Å². The fourth-order valence-electron chi connectivity index (χ4n) is 3.60. The summed E-state index contributed by atoms with van der Waals surface area (Å²) in [5, 5.41) is 0.566. The van der Waals surface area contributed by atoms with E-state index in [1.54, 1.807) is 23.0 Å². The van der Waals surface area contributed by atoms with Gasteiger partial charge in [-0.2, -0.15) is 0 Å². The molecule has 2 heterocycles. The first-order valence-electron chi connectivity index (χ1n) is 9.10. The molecule has 2 aromatic heterocycles. The van der Waals surface area contributed by atoms with E-state index in [-0.39, 0.29) is 11.5 Å². The smallest absolute Gasteiger partial charge is 0.337 e. The molecule has 3 aromatic rings. The topological polar surface area (TPSA) is 74.1 Å². The highest BCUT2D eigenvalue weighted by Crippen LogP contribution is 2.25. The predicted octanol–water partition coefficient (Wildman–Crippen LogP) is 2.75. The molecular formula is C21H21N3O3. The fourth-order valence-corrected chi connectivity index (χ4v) is 3.60. The minimum Gasteiger partial charge on any atom is -0.465 e. The number of fused-ring (bicyclic) bond motifs is 2. The molecule has 0 saturated carbocycles. The highest BCUT2D eigenvalue weighted by atomic mass is 16.5. The van der Waals surface area contributed by atoms with Gasteiger partial charge in [0.15, 0.2) is 5.65 Å². The third-order valence-corrected chi connectivity index (χ3v) is 5.15. The first-order chi connectivity index (χ1) is 13.0. The lowest BCUT2D eigenvalue weighted by molar-refractivity contribution is 0.0600. The summed E-state index contributed by atoms with van der Waals surface area (Å²) in [6, 6.07) is 8.99. The third-order valence-electron chi connectivity index (χ3n) is 5.15. The summed E-state index contributed by atoms with van der Waals surface area (Å²) in [7, 11) is 1.35. The average molecular weight is 363 g/mol. The first-order valence-corrected chi connectivity index (χ1v) is 9.10. The fraction of sp³-hybridized carbons (Fsp3) is 0.333. The Bertz CT molecular complexity index is 1070. The first kappa shape index (κ1) is 17.4. The molecule has 0 saturated heterocycles. The number of pyridine rings is 1. The molecule has 0 spiro atoms. The largest absolute Gasteiger partial charge is 0.465 e. The van der Waals surface area contributed by atoms with Crippen LogP contribution >= 0.6 is 0 Å². The van der Waals surface area contributed by atoms with Gasteiger partial charge in [-0.3, -0.25) is 9.36 Å². The average Bonchev–Trinajstić information content (AvgIpc) is 2.69. The van der Waals surface area contributed by atoms with E-state index < -0.39 is 0 Å². The molecule has 0 amide bonds. The zero-order chi connectivity index (χ0) is 19.0. The van der Waals surface area contributed by atoms with Gasteiger partial charge in [0.25, 0.3) is 5.56 Å². The van der Waals surface area contributed by atoms with E-state index in [2.05, 4.69) is 16.9 Å². The van der Waals surface area contributed by atoms with Crippen molar-refractivity contribution in [1.29, 1.82) is 0 Å². The Hall–Kier alpha value is -3.02. The lowest BCUT2D eigenvalue weighted by Gasteiger charge is -2.20. The second-order valence-electron chi connectivity index (χ2n) is 7.18. The van der Waals surface area contributed by atoms with Crippen LogP contribution in [0.4, 0.5) is 0 Å². The van der Waals surface area contributed by atoms with Crippen LogP contribution in [0.5, 0.6) is 0 Å². The molecule has 27 heavy (non-hydrogen) atoms. The maximum absolute atomic E-state index is 12.9. The molecule has 0 aliphatic heterocycles. The van der Waals surface area contributed by atoms with Crippen molar-refractivity contribution in [2.75, 3.05) is 7.11 Å². The van der Waals surface area contributed by atoms with Crippen molar-refractivity contribution in [3.8, 4) is 0 Å². The number of hydrogen-bond acceptors (Lipinski definition) is 5. The van der Waals surface area contributed by atoms with Crippen molar-refractivity contribution in [3.05, 3.63) is 69.4 Å². The van der Waals surface area contributed by atoms with E-state index >= 15 is 0 Å². The SMILES string of the molecule is COC(=O)c1ccc(Cn2cnc3nc4c(cc3c2=O)C[C@@H](C)CC4)cc1. The molecule has 0 N–H and O–H groups in total. The van der Waals surface area contributed by atoms with E-state index in [4.69, 9.17) is 4.74 Å². The molecule has 138 valence electrons. The van der Waals surface area contributed by atoms with Gasteiger partial charge in [0, 0.05) is 5.69 Å². The highest BCUT2D eigenvalue weighted by Gasteiger charge is 2.18. The summed E-state index contributed by atoms with van der Waals surface area (Å²) >= 11 is 0. The number of aromatic nitrogens is 3. The number of hydrogen-bond donors (Lipinski definition) is 0. The Morgan fingerprint density at radius 3 is 2.81 bits per heavy atom. The van der Waals surface area contributed by atoms with Crippen molar-refractivity contribution < 1.29 is 9.53 Å². The lowest BCUT2D eigenvalue weighted by atomic mass is 9.87. The number of methoxy groups -OCH3 is 1. The molecule has 0 fully saturated rings. The summed E-state index contributed by atoms with van der Waals surface area (Å²) in [6.07, 6.45) is 4.58. The second kappa shape index (κ2) is 6.95. The standard InChI is InChI=1S/C21H21N3O3/c1-13-3-8-18-16(9-13)10-17-19(23-18)22-12-24(20(17)25)11-14-4-6-15(7-5-14)21(26)27-2/h4-7,10,12-13H,3,8-9,11H2,1-2H3/t13-/m0/s1. The summed E-state index contributed by atoms with van der Waals surface area (Å²) in [5.41, 5.74) is 4.06. The summed E-state index contributed by atoms with van der Waals surface area (Å²) in [5.74, 6) is 0.236. The molecule has 6 nitrogen and oxygen atoms in total. The number of ether oxygens (including phenoxy) is 1. The molecule has 0 unspecified atom stereocenters. The Labute approximate surface area is 156 Å². The number of carbonyl (C=O) groups is 1. The predicted molar refractivity (Wildman–Crippen MR) is 102 cm³/mol. The maximum Gasteiger partial charge on any atom is 0.337 e. The van der Waals surface area contributed by atoms with Crippen LogP contribution in [-0.4, -0.2) is 27.6 Å². The minimum absolute atomic E-state index is 0.0921. The molecule has 1 aliphatic carbocycles. The maximum atomic E-state index is 12.9. The van der Waals surface area contributed by atoms with Crippen molar-refractivity contribution in [3.63, 3.8) is 0 Å². The van der Waals surface area contributed by atoms with E-state index in [0.717, 1.165) is 30.5 Å². The Balaban J connectivity index is 1.67. The zero-order valence-electron chi connectivity index (χ0n) is 15.4. The van der Waals surface area contributed by atoms with Crippen molar-refractivity contribution >= 4 is 17.0 Å². The van der Waals surface area contributed by atoms with Crippen LogP contribution in [0.1, 0.15) is 40.5 Å². The van der Waals surface area contributed by atoms with E-state index in [0.29, 0.717) is 29.1 Å². The summed E-state index contributed by atoms with van der Waals surface area (Å²) in [4.78, 5) is 33.5. The van der Waals surface area contributed by atoms with Gasteiger partial charge in [0.05, 0.1) is 24.6 Å². The number of carbonyl (C=O) groups excluding carboxylic acids is 1. The van der Waals surface area contributed by atoms with Crippen LogP contribution in [-0.2, 0) is 24.1 Å². The number of aryl methyl sites for hydroxylation is 1. The van der Waals surface area contributed by atoms with Gasteiger partial charge in [-0.05, 0) is 54.5 Å². The lowest BCUT2D eigenvalue weighted by Crippen LogP contribution is -2.23. The van der Waals surface area contributed by atoms with Crippen LogP contribution in [0.25, 0.3) is 11.0 Å². The zero-order valence-corrected chi connectivity index (χ0v) is 15.4. The van der Waals surface area contributed by atoms with E-state index in [1.807, 2.05) is 18.2 Å². The van der Waals surface area contributed by atoms with Gasteiger partial charge in [-0.15, -0.1) is 0 Å². The summed E-state index contributed by atoms with van der Waals surface area (Å²) in [6.45, 7) is 2.61. The van der Waals surface area contributed by atoms with Crippen LogP contribution in [0, 0.1) is 5.92 Å². The van der Waals surface area contributed by atoms with Crippen LogP contribution in [0.15, 0.2) is 41.5 Å². The van der Waals surface area contributed by atoms with Gasteiger partial charge < -0.3 is 4.74 Å². The Morgan fingerprint density at radius 1 is 1.30 bits per heavy atom. The molecular weight excluding hydrogens is 342 g/mol. The number of nitrogens with zero attached hydrogens (tertiary/aromatic N) is 3. The Kier molecular flexibility index (Phi) is 4.48. The van der Waals surface area contributed by atoms with Crippen molar-refractivity contribution in [1.82, 2.24) is 14.5 Å². The number of rotatable bonds is 3. The van der Waals surface area contributed by atoms with Crippen LogP contribution < -0.4 is 5.56 Å². The molecule has 4 rings (SSSR count). The third kappa shape index (κ3) is 3.35. The van der Waals surface area contributed by atoms with Crippen molar-refractivity contribution in [2.45, 2.75) is 32.7 Å². The quantitative estimate of drug-likeness (QED) is 0.669. The molecule has 0 bridgehead atoms. The number of benzene rings is 1. The van der Waals surface area contributed by atoms with Gasteiger partial charge in [0.2, 0.25) is 0 Å². The molecule has 6 heteroatoms. The normalized spacial score (nSPS) is 16.1. The van der Waals surface area contributed by atoms with Crippen LogP contribution in [0.2, 0.25) is 0 Å². The van der Waals surface area contributed by atoms with Gasteiger partial charge in [-0.25, -0.2) is 14.8 Å². The Morgan fingerprint density at radius 2 is 2.07 bits per heavy atom. The van der Waals surface area contributed by atoms with Gasteiger partial charge >= 0.3 is 5.97 Å². The molecule has 0 radical (unpaired) electrons. The van der Waals surface area contributed by atoms with Gasteiger partial charge in [-0.1, -0.05) is 19.1 Å². The minimum atomic E-state index is -0.379. The van der Waals surface area contributed by atoms with E-state index in [9.17, 15) is 9.59 Å². The molecule has 1 atom stereocenters.